The van der Waals surface area contributed by atoms with Gasteiger partial charge in [-0.1, -0.05) is 41.9 Å². The van der Waals surface area contributed by atoms with Gasteiger partial charge in [0.25, 0.3) is 0 Å². The van der Waals surface area contributed by atoms with E-state index in [9.17, 15) is 4.79 Å². The van der Waals surface area contributed by atoms with Gasteiger partial charge in [-0.05, 0) is 29.8 Å². The fraction of sp³-hybridized carbons (Fsp3) is 0.176. The second-order valence-corrected chi connectivity index (χ2v) is 5.74. The predicted molar refractivity (Wildman–Crippen MR) is 92.1 cm³/mol. The highest BCUT2D eigenvalue weighted by Crippen LogP contribution is 2.29. The lowest BCUT2D eigenvalue weighted by atomic mass is 10.1. The molecule has 0 bridgehead atoms. The molecule has 1 N–H and O–H groups in total. The number of ketones is 1. The topological polar surface area (TPSA) is 47.9 Å². The van der Waals surface area contributed by atoms with Gasteiger partial charge in [-0.15, -0.1) is 5.10 Å². The molecule has 0 aromatic heterocycles. The number of hydrazone groups is 1. The van der Waals surface area contributed by atoms with Gasteiger partial charge in [0.05, 0.1) is 5.69 Å². The Hall–Kier alpha value is -2.37. The molecule has 2 aromatic rings. The lowest BCUT2D eigenvalue weighted by Gasteiger charge is -2.39. The van der Waals surface area contributed by atoms with Crippen molar-refractivity contribution < 1.29 is 4.79 Å². The Balaban J connectivity index is 2.07. The van der Waals surface area contributed by atoms with Crippen LogP contribution in [0.5, 0.6) is 0 Å². The molecule has 0 saturated heterocycles. The largest absolute Gasteiger partial charge is 0.291 e. The number of carbonyl (C=O) groups excluding carboxylic acids is 1. The van der Waals surface area contributed by atoms with Gasteiger partial charge in [-0.2, -0.15) is 0 Å². The summed E-state index contributed by atoms with van der Waals surface area (Å²) in [5.74, 6) is 0.248. The molecule has 0 radical (unpaired) electrons. The number of hydrogen-bond acceptors (Lipinski definition) is 5. The fourth-order valence-corrected chi connectivity index (χ4v) is 2.61. The molecule has 0 saturated carbocycles. The van der Waals surface area contributed by atoms with E-state index in [-0.39, 0.29) is 11.9 Å². The van der Waals surface area contributed by atoms with Crippen LogP contribution >= 0.6 is 11.6 Å². The van der Waals surface area contributed by atoms with E-state index in [0.717, 1.165) is 11.3 Å². The average molecular weight is 329 g/mol. The smallest absolute Gasteiger partial charge is 0.206 e. The first-order chi connectivity index (χ1) is 11.1. The molecule has 1 heterocycles. The summed E-state index contributed by atoms with van der Waals surface area (Å²) in [7, 11) is 1.79. The van der Waals surface area contributed by atoms with Crippen molar-refractivity contribution in [3.05, 3.63) is 65.2 Å². The van der Waals surface area contributed by atoms with Gasteiger partial charge in [-0.25, -0.2) is 10.4 Å². The molecular formula is C17H17ClN4O. The molecule has 0 aliphatic carbocycles. The van der Waals surface area contributed by atoms with Gasteiger partial charge >= 0.3 is 0 Å². The number of amidine groups is 1. The number of nitrogens with one attached hydrogen (secondary N) is 1. The van der Waals surface area contributed by atoms with Crippen LogP contribution in [-0.2, 0) is 4.79 Å². The lowest BCUT2D eigenvalue weighted by Crippen LogP contribution is -2.54. The molecule has 6 heteroatoms. The molecule has 5 nitrogen and oxygen atoms in total. The van der Waals surface area contributed by atoms with E-state index in [0.29, 0.717) is 10.9 Å². The molecule has 1 aliphatic heterocycles. The molecule has 0 unspecified atom stereocenters. The second-order valence-electron chi connectivity index (χ2n) is 5.30. The van der Waals surface area contributed by atoms with Crippen LogP contribution in [0.2, 0.25) is 5.02 Å². The summed E-state index contributed by atoms with van der Waals surface area (Å²) in [6.45, 7) is 1.50. The normalized spacial score (nSPS) is 17.9. The third-order valence-corrected chi connectivity index (χ3v) is 3.85. The number of halogens is 1. The fourth-order valence-electron chi connectivity index (χ4n) is 2.48. The average Bonchev–Trinajstić information content (AvgIpc) is 2.56. The van der Waals surface area contributed by atoms with Gasteiger partial charge in [0.2, 0.25) is 5.84 Å². The Morgan fingerprint density at radius 2 is 1.78 bits per heavy atom. The molecule has 3 rings (SSSR count). The Bertz CT molecular complexity index is 730. The zero-order valence-corrected chi connectivity index (χ0v) is 13.7. The van der Waals surface area contributed by atoms with Crippen LogP contribution in [0.3, 0.4) is 0 Å². The third kappa shape index (κ3) is 3.21. The van der Waals surface area contributed by atoms with E-state index in [1.165, 1.54) is 6.92 Å². The van der Waals surface area contributed by atoms with Crippen LogP contribution in [0.1, 0.15) is 18.7 Å². The minimum absolute atomic E-state index is 0.106. The maximum atomic E-state index is 11.8. The molecule has 2 aromatic carbocycles. The van der Waals surface area contributed by atoms with Gasteiger partial charge in [-0.3, -0.25) is 9.80 Å². The van der Waals surface area contributed by atoms with E-state index in [2.05, 4.69) is 10.5 Å². The summed E-state index contributed by atoms with van der Waals surface area (Å²) in [5, 5.41) is 8.65. The van der Waals surface area contributed by atoms with E-state index >= 15 is 0 Å². The van der Waals surface area contributed by atoms with Crippen molar-refractivity contribution in [2.45, 2.75) is 13.1 Å². The van der Waals surface area contributed by atoms with E-state index in [1.807, 2.05) is 42.5 Å². The maximum absolute atomic E-state index is 11.8. The highest BCUT2D eigenvalue weighted by atomic mass is 35.5. The zero-order chi connectivity index (χ0) is 16.4. The summed E-state index contributed by atoms with van der Waals surface area (Å²) in [5.41, 5.74) is 5.19. The van der Waals surface area contributed by atoms with Crippen molar-refractivity contribution in [1.82, 2.24) is 10.4 Å². The van der Waals surface area contributed by atoms with E-state index < -0.39 is 0 Å². The van der Waals surface area contributed by atoms with Crippen molar-refractivity contribution in [1.29, 1.82) is 0 Å². The Kier molecular flexibility index (Phi) is 4.32. The minimum Gasteiger partial charge on any atom is -0.291 e. The van der Waals surface area contributed by atoms with Crippen molar-refractivity contribution in [3.8, 4) is 0 Å². The van der Waals surface area contributed by atoms with Crippen LogP contribution in [0.15, 0.2) is 59.7 Å². The number of benzene rings is 2. The monoisotopic (exact) mass is 328 g/mol. The highest BCUT2D eigenvalue weighted by molar-refractivity contribution is 6.37. The number of hydrazine groups is 1. The van der Waals surface area contributed by atoms with Gasteiger partial charge < -0.3 is 0 Å². The molecule has 0 spiro atoms. The number of hydrogen-bond donors (Lipinski definition) is 1. The molecular weight excluding hydrogens is 312 g/mol. The number of likely N-dealkylation sites (N-methyl/N-ethyl adjacent to an activating group) is 1. The Morgan fingerprint density at radius 3 is 2.39 bits per heavy atom. The number of carbonyl (C=O) groups is 1. The van der Waals surface area contributed by atoms with E-state index in [4.69, 9.17) is 11.6 Å². The van der Waals surface area contributed by atoms with Gasteiger partial charge in [0.1, 0.15) is 6.17 Å². The lowest BCUT2D eigenvalue weighted by molar-refractivity contribution is -0.112. The number of anilines is 1. The Morgan fingerprint density at radius 1 is 1.13 bits per heavy atom. The van der Waals surface area contributed by atoms with Crippen molar-refractivity contribution >= 4 is 28.9 Å². The first-order valence-electron chi connectivity index (χ1n) is 7.25. The quantitative estimate of drug-likeness (QED) is 0.940. The summed E-state index contributed by atoms with van der Waals surface area (Å²) >= 11 is 5.97. The second kappa shape index (κ2) is 6.40. The number of rotatable bonds is 3. The zero-order valence-electron chi connectivity index (χ0n) is 12.9. The first-order valence-corrected chi connectivity index (χ1v) is 7.63. The first kappa shape index (κ1) is 15.5. The molecule has 118 valence electrons. The molecule has 0 fully saturated rings. The van der Waals surface area contributed by atoms with Gasteiger partial charge in [0, 0.05) is 19.0 Å². The standard InChI is InChI=1S/C17H17ClN4O/c1-12(23)16-20-22(15-10-8-14(18)9-11-15)17(19-21(16)2)13-6-4-3-5-7-13/h3-11,17,19H,1-2H3/t17-/m0/s1. The van der Waals surface area contributed by atoms with Crippen molar-refractivity contribution in [2.75, 3.05) is 12.1 Å². The molecule has 23 heavy (non-hydrogen) atoms. The maximum Gasteiger partial charge on any atom is 0.206 e. The number of Topliss-reactive ketones (excluding diaryl/α,β-unsaturated/α-hetero) is 1. The van der Waals surface area contributed by atoms with Crippen LogP contribution in [0, 0.1) is 0 Å². The molecule has 1 aliphatic rings. The van der Waals surface area contributed by atoms with Crippen LogP contribution in [-0.4, -0.2) is 23.7 Å². The SMILES string of the molecule is CC(=O)C1=NN(c2ccc(Cl)cc2)[C@@H](c2ccccc2)NN1C. The molecule has 0 amide bonds. The van der Waals surface area contributed by atoms with E-state index in [1.54, 1.807) is 29.2 Å². The third-order valence-electron chi connectivity index (χ3n) is 3.60. The summed E-state index contributed by atoms with van der Waals surface area (Å²) in [4.78, 5) is 11.8. The van der Waals surface area contributed by atoms with Crippen molar-refractivity contribution in [2.24, 2.45) is 5.10 Å². The molecule has 1 atom stereocenters. The predicted octanol–water partition coefficient (Wildman–Crippen LogP) is 3.20. The van der Waals surface area contributed by atoms with Crippen molar-refractivity contribution in [3.63, 3.8) is 0 Å². The van der Waals surface area contributed by atoms with Crippen LogP contribution in [0.4, 0.5) is 5.69 Å². The van der Waals surface area contributed by atoms with Crippen LogP contribution in [0.25, 0.3) is 0 Å². The summed E-state index contributed by atoms with van der Waals surface area (Å²) in [6, 6.07) is 17.3. The highest BCUT2D eigenvalue weighted by Gasteiger charge is 2.30. The summed E-state index contributed by atoms with van der Waals surface area (Å²) < 4.78 is 0. The minimum atomic E-state index is -0.217. The Labute approximate surface area is 140 Å². The van der Waals surface area contributed by atoms with Crippen LogP contribution < -0.4 is 10.4 Å². The number of nitrogens with zero attached hydrogens (tertiary/aromatic N) is 3. The van der Waals surface area contributed by atoms with Gasteiger partial charge in [0.15, 0.2) is 5.78 Å². The summed E-state index contributed by atoms with van der Waals surface area (Å²) in [6.07, 6.45) is -0.217.